The van der Waals surface area contributed by atoms with E-state index in [-0.39, 0.29) is 5.91 Å². The van der Waals surface area contributed by atoms with Gasteiger partial charge in [-0.1, -0.05) is 12.1 Å². The number of carbonyl (C=O) groups is 1. The number of likely N-dealkylation sites (N-methyl/N-ethyl adjacent to an activating group) is 1. The van der Waals surface area contributed by atoms with Crippen LogP contribution in [0.4, 0.5) is 5.69 Å². The molecule has 0 aliphatic heterocycles. The topological polar surface area (TPSA) is 55.6 Å². The predicted octanol–water partition coefficient (Wildman–Crippen LogP) is 1.32. The largest absolute Gasteiger partial charge is 0.385 e. The predicted molar refractivity (Wildman–Crippen MR) is 69.1 cm³/mol. The third-order valence-corrected chi connectivity index (χ3v) is 2.67. The zero-order chi connectivity index (χ0) is 12.8. The smallest absolute Gasteiger partial charge is 0.243 e. The summed E-state index contributed by atoms with van der Waals surface area (Å²) in [6, 6.07) is 7.26. The maximum Gasteiger partial charge on any atom is 0.243 e. The Morgan fingerprint density at radius 2 is 2.24 bits per heavy atom. The molecule has 0 radical (unpaired) electrons. The van der Waals surface area contributed by atoms with Gasteiger partial charge < -0.3 is 15.4 Å². The number of methoxy groups -OCH3 is 1. The number of benzene rings is 1. The Bertz CT molecular complexity index is 379. The van der Waals surface area contributed by atoms with Crippen molar-refractivity contribution in [3.8, 4) is 0 Å². The van der Waals surface area contributed by atoms with E-state index >= 15 is 0 Å². The molecule has 1 amide bonds. The molecule has 0 aromatic heterocycles. The second kappa shape index (κ2) is 6.37. The van der Waals surface area contributed by atoms with Crippen molar-refractivity contribution in [3.63, 3.8) is 0 Å². The molecule has 0 heterocycles. The van der Waals surface area contributed by atoms with Crippen molar-refractivity contribution >= 4 is 11.6 Å². The Morgan fingerprint density at radius 3 is 2.82 bits per heavy atom. The van der Waals surface area contributed by atoms with E-state index in [1.54, 1.807) is 19.1 Å². The fourth-order valence-corrected chi connectivity index (χ4v) is 1.58. The van der Waals surface area contributed by atoms with E-state index in [9.17, 15) is 4.79 Å². The lowest BCUT2D eigenvalue weighted by molar-refractivity contribution is -0.119. The normalized spacial score (nSPS) is 12.2. The first-order valence-electron chi connectivity index (χ1n) is 5.65. The van der Waals surface area contributed by atoms with Crippen LogP contribution in [0.25, 0.3) is 0 Å². The summed E-state index contributed by atoms with van der Waals surface area (Å²) >= 11 is 0. The van der Waals surface area contributed by atoms with Crippen LogP contribution < -0.4 is 10.6 Å². The molecule has 0 saturated heterocycles. The van der Waals surface area contributed by atoms with Gasteiger partial charge in [0.2, 0.25) is 5.91 Å². The number of carbonyl (C=O) groups excluding carboxylic acids is 1. The summed E-state index contributed by atoms with van der Waals surface area (Å²) in [5.41, 5.74) is 7.79. The van der Waals surface area contributed by atoms with Crippen LogP contribution >= 0.6 is 0 Å². The lowest BCUT2D eigenvalue weighted by Crippen LogP contribution is -2.42. The highest BCUT2D eigenvalue weighted by atomic mass is 16.5. The minimum absolute atomic E-state index is 0.0901. The van der Waals surface area contributed by atoms with Crippen LogP contribution in [0.5, 0.6) is 0 Å². The second-order valence-electron chi connectivity index (χ2n) is 4.12. The van der Waals surface area contributed by atoms with Crippen molar-refractivity contribution in [1.82, 2.24) is 0 Å². The quantitative estimate of drug-likeness (QED) is 0.839. The maximum atomic E-state index is 12.0. The van der Waals surface area contributed by atoms with Crippen molar-refractivity contribution in [1.29, 1.82) is 0 Å². The summed E-state index contributed by atoms with van der Waals surface area (Å²) in [4.78, 5) is 13.6. The van der Waals surface area contributed by atoms with Crippen LogP contribution in [0.3, 0.4) is 0 Å². The first-order chi connectivity index (χ1) is 8.06. The number of amides is 1. The minimum atomic E-state index is -0.513. The molecule has 1 atom stereocenters. The molecule has 4 heteroatoms. The SMILES string of the molecule is COCCC(N)C(=O)N(C)c1cccc(C)c1. The van der Waals surface area contributed by atoms with Gasteiger partial charge in [0.05, 0.1) is 6.04 Å². The van der Waals surface area contributed by atoms with Crippen molar-refractivity contribution in [2.24, 2.45) is 5.73 Å². The van der Waals surface area contributed by atoms with Gasteiger partial charge in [-0.3, -0.25) is 4.79 Å². The maximum absolute atomic E-state index is 12.0. The van der Waals surface area contributed by atoms with Crippen LogP contribution in [0.2, 0.25) is 0 Å². The van der Waals surface area contributed by atoms with Gasteiger partial charge in [0.25, 0.3) is 0 Å². The van der Waals surface area contributed by atoms with Crippen LogP contribution in [0.1, 0.15) is 12.0 Å². The first-order valence-corrected chi connectivity index (χ1v) is 5.65. The van der Waals surface area contributed by atoms with E-state index in [4.69, 9.17) is 10.5 Å². The summed E-state index contributed by atoms with van der Waals surface area (Å²) in [6.07, 6.45) is 0.533. The fourth-order valence-electron chi connectivity index (χ4n) is 1.58. The van der Waals surface area contributed by atoms with E-state index in [1.807, 2.05) is 31.2 Å². The van der Waals surface area contributed by atoms with Crippen molar-refractivity contribution in [2.75, 3.05) is 25.7 Å². The van der Waals surface area contributed by atoms with Crippen LogP contribution in [0, 0.1) is 6.92 Å². The zero-order valence-corrected chi connectivity index (χ0v) is 10.6. The van der Waals surface area contributed by atoms with Gasteiger partial charge in [0, 0.05) is 26.5 Å². The lowest BCUT2D eigenvalue weighted by Gasteiger charge is -2.21. The lowest BCUT2D eigenvalue weighted by atomic mass is 10.1. The van der Waals surface area contributed by atoms with Gasteiger partial charge >= 0.3 is 0 Å². The molecule has 17 heavy (non-hydrogen) atoms. The van der Waals surface area contributed by atoms with Gasteiger partial charge in [-0.25, -0.2) is 0 Å². The molecular formula is C13H20N2O2. The fraction of sp³-hybridized carbons (Fsp3) is 0.462. The highest BCUT2D eigenvalue weighted by Crippen LogP contribution is 2.15. The molecule has 0 fully saturated rings. The molecule has 2 N–H and O–H groups in total. The van der Waals surface area contributed by atoms with Gasteiger partial charge in [-0.05, 0) is 31.0 Å². The Morgan fingerprint density at radius 1 is 1.53 bits per heavy atom. The number of nitrogens with two attached hydrogens (primary N) is 1. The number of anilines is 1. The van der Waals surface area contributed by atoms with E-state index in [2.05, 4.69) is 0 Å². The summed E-state index contributed by atoms with van der Waals surface area (Å²) in [7, 11) is 3.34. The Labute approximate surface area is 102 Å². The molecule has 1 aromatic rings. The minimum Gasteiger partial charge on any atom is -0.385 e. The van der Waals surface area contributed by atoms with Gasteiger partial charge in [0.1, 0.15) is 0 Å². The summed E-state index contributed by atoms with van der Waals surface area (Å²) in [6.45, 7) is 2.49. The number of nitrogens with zero attached hydrogens (tertiary/aromatic N) is 1. The Kier molecular flexibility index (Phi) is 5.12. The monoisotopic (exact) mass is 236 g/mol. The highest BCUT2D eigenvalue weighted by molar-refractivity contribution is 5.96. The second-order valence-corrected chi connectivity index (χ2v) is 4.12. The molecule has 0 aliphatic carbocycles. The third kappa shape index (κ3) is 3.84. The molecule has 0 saturated carbocycles. The number of aryl methyl sites for hydroxylation is 1. The van der Waals surface area contributed by atoms with E-state index in [1.165, 1.54) is 0 Å². The summed E-state index contributed by atoms with van der Waals surface area (Å²) < 4.78 is 4.92. The number of ether oxygens (including phenoxy) is 1. The average molecular weight is 236 g/mol. The van der Waals surface area contributed by atoms with E-state index in [0.717, 1.165) is 11.3 Å². The van der Waals surface area contributed by atoms with Gasteiger partial charge in [-0.2, -0.15) is 0 Å². The summed E-state index contributed by atoms with van der Waals surface area (Å²) in [5.74, 6) is -0.0901. The number of rotatable bonds is 5. The van der Waals surface area contributed by atoms with Crippen LogP contribution in [-0.2, 0) is 9.53 Å². The number of hydrogen-bond acceptors (Lipinski definition) is 3. The molecule has 4 nitrogen and oxygen atoms in total. The van der Waals surface area contributed by atoms with Crippen LogP contribution in [0.15, 0.2) is 24.3 Å². The zero-order valence-electron chi connectivity index (χ0n) is 10.6. The molecule has 0 aliphatic rings. The van der Waals surface area contributed by atoms with Crippen molar-refractivity contribution in [3.05, 3.63) is 29.8 Å². The van der Waals surface area contributed by atoms with Gasteiger partial charge in [-0.15, -0.1) is 0 Å². The molecule has 1 rings (SSSR count). The Hall–Kier alpha value is -1.39. The molecular weight excluding hydrogens is 216 g/mol. The van der Waals surface area contributed by atoms with E-state index in [0.29, 0.717) is 13.0 Å². The van der Waals surface area contributed by atoms with Crippen LogP contribution in [-0.4, -0.2) is 32.7 Å². The summed E-state index contributed by atoms with van der Waals surface area (Å²) in [5, 5.41) is 0. The molecule has 94 valence electrons. The highest BCUT2D eigenvalue weighted by Gasteiger charge is 2.18. The average Bonchev–Trinajstić information content (AvgIpc) is 2.34. The van der Waals surface area contributed by atoms with Gasteiger partial charge in [0.15, 0.2) is 0 Å². The standard InChI is InChI=1S/C13H20N2O2/c1-10-5-4-6-11(9-10)15(2)13(16)12(14)7-8-17-3/h4-6,9,12H,7-8,14H2,1-3H3. The molecule has 1 aromatic carbocycles. The van der Waals surface area contributed by atoms with Crippen molar-refractivity contribution < 1.29 is 9.53 Å². The number of hydrogen-bond donors (Lipinski definition) is 1. The molecule has 0 spiro atoms. The molecule has 1 unspecified atom stereocenters. The third-order valence-electron chi connectivity index (χ3n) is 2.67. The van der Waals surface area contributed by atoms with E-state index < -0.39 is 6.04 Å². The van der Waals surface area contributed by atoms with Crippen molar-refractivity contribution in [2.45, 2.75) is 19.4 Å². The molecule has 0 bridgehead atoms. The Balaban J connectivity index is 2.69. The first kappa shape index (κ1) is 13.7.